The fraction of sp³-hybridized carbons (Fsp3) is 0.433. The normalized spacial score (nSPS) is 19.2. The highest BCUT2D eigenvalue weighted by Crippen LogP contribution is 2.38. The van der Waals surface area contributed by atoms with Crippen LogP contribution in [0.4, 0.5) is 0 Å². The van der Waals surface area contributed by atoms with Crippen LogP contribution in [0.25, 0.3) is 17.7 Å². The van der Waals surface area contributed by atoms with Crippen LogP contribution in [-0.4, -0.2) is 48.4 Å². The Kier molecular flexibility index (Phi) is 6.78. The predicted molar refractivity (Wildman–Crippen MR) is 138 cm³/mol. The summed E-state index contributed by atoms with van der Waals surface area (Å²) in [6.45, 7) is 7.16. The van der Waals surface area contributed by atoms with E-state index in [1.807, 2.05) is 4.90 Å². The molecule has 0 atom stereocenters. The van der Waals surface area contributed by atoms with Crippen LogP contribution in [0.5, 0.6) is 0 Å². The molecule has 0 aromatic heterocycles. The Balaban J connectivity index is 1.22. The Hall–Kier alpha value is -2.65. The van der Waals surface area contributed by atoms with Crippen molar-refractivity contribution in [1.82, 2.24) is 9.80 Å². The number of fused-ring (bicyclic) bond motifs is 2. The van der Waals surface area contributed by atoms with E-state index >= 15 is 0 Å². The van der Waals surface area contributed by atoms with Crippen LogP contribution >= 0.6 is 0 Å². The van der Waals surface area contributed by atoms with E-state index in [0.717, 1.165) is 31.8 Å². The summed E-state index contributed by atoms with van der Waals surface area (Å²) in [5, 5.41) is 0. The molecule has 2 saturated heterocycles. The lowest BCUT2D eigenvalue weighted by Gasteiger charge is -2.33. The van der Waals surface area contributed by atoms with Gasteiger partial charge in [0.2, 0.25) is 5.91 Å². The van der Waals surface area contributed by atoms with Gasteiger partial charge in [-0.05, 0) is 78.8 Å². The molecule has 0 bridgehead atoms. The van der Waals surface area contributed by atoms with Crippen molar-refractivity contribution >= 4 is 23.6 Å². The van der Waals surface area contributed by atoms with Crippen molar-refractivity contribution in [1.29, 1.82) is 0 Å². The van der Waals surface area contributed by atoms with Gasteiger partial charge in [-0.1, -0.05) is 66.3 Å². The van der Waals surface area contributed by atoms with Crippen molar-refractivity contribution in [3.05, 3.63) is 76.4 Å². The summed E-state index contributed by atoms with van der Waals surface area (Å²) in [6.07, 6.45) is 11.8. The number of rotatable bonds is 4. The van der Waals surface area contributed by atoms with Crippen molar-refractivity contribution in [3.8, 4) is 0 Å². The van der Waals surface area contributed by atoms with Crippen LogP contribution in [0.15, 0.2) is 54.1 Å². The lowest BCUT2D eigenvalue weighted by Crippen LogP contribution is -2.37. The fourth-order valence-corrected chi connectivity index (χ4v) is 5.88. The molecule has 2 fully saturated rings. The van der Waals surface area contributed by atoms with Gasteiger partial charge in [0.05, 0.1) is 0 Å². The van der Waals surface area contributed by atoms with Crippen molar-refractivity contribution in [2.45, 2.75) is 45.4 Å². The summed E-state index contributed by atoms with van der Waals surface area (Å²) in [6, 6.07) is 17.7. The average Bonchev–Trinajstić information content (AvgIpc) is 3.02. The molecule has 0 N–H and O–H groups in total. The van der Waals surface area contributed by atoms with E-state index in [1.54, 1.807) is 12.5 Å². The molecule has 1 aliphatic carbocycles. The second-order valence-electron chi connectivity index (χ2n) is 9.92. The Bertz CT molecular complexity index is 997. The average molecular weight is 441 g/mol. The molecular formula is C30H36N2O. The van der Waals surface area contributed by atoms with E-state index in [-0.39, 0.29) is 5.91 Å². The molecule has 0 radical (unpaired) electrons. The van der Waals surface area contributed by atoms with Crippen LogP contribution in [0.3, 0.4) is 0 Å². The molecule has 2 aliphatic heterocycles. The van der Waals surface area contributed by atoms with E-state index < -0.39 is 0 Å². The molecular weight excluding hydrogens is 404 g/mol. The lowest BCUT2D eigenvalue weighted by atomic mass is 9.86. The van der Waals surface area contributed by atoms with Crippen LogP contribution in [0.1, 0.15) is 67.7 Å². The maximum absolute atomic E-state index is 11.5. The molecule has 0 spiro atoms. The summed E-state index contributed by atoms with van der Waals surface area (Å²) >= 11 is 0. The standard InChI is InChI=1S/C30H36N2O/c1-23(33)32-21-14-24(15-22-32)7-6-18-31-19-16-27(17-20-31)30-28-10-4-2-8-25(28)12-13-26-9-3-5-11-29(26)30/h2-5,8-13,24H,6-7,14-22H2,1H3. The topological polar surface area (TPSA) is 23.6 Å². The minimum absolute atomic E-state index is 0.237. The molecule has 5 rings (SSSR count). The summed E-state index contributed by atoms with van der Waals surface area (Å²) in [5.41, 5.74) is 8.52. The van der Waals surface area contributed by atoms with E-state index in [1.165, 1.54) is 73.1 Å². The predicted octanol–water partition coefficient (Wildman–Crippen LogP) is 6.11. The van der Waals surface area contributed by atoms with Gasteiger partial charge in [0.15, 0.2) is 0 Å². The van der Waals surface area contributed by atoms with Gasteiger partial charge in [-0.3, -0.25) is 4.79 Å². The number of likely N-dealkylation sites (tertiary alicyclic amines) is 2. The maximum Gasteiger partial charge on any atom is 0.219 e. The third kappa shape index (κ3) is 4.99. The molecule has 2 aromatic carbocycles. The molecule has 3 aliphatic rings. The fourth-order valence-electron chi connectivity index (χ4n) is 5.88. The minimum Gasteiger partial charge on any atom is -0.343 e. The van der Waals surface area contributed by atoms with Crippen molar-refractivity contribution in [2.75, 3.05) is 32.7 Å². The van der Waals surface area contributed by atoms with Gasteiger partial charge in [0, 0.05) is 33.1 Å². The highest BCUT2D eigenvalue weighted by atomic mass is 16.2. The van der Waals surface area contributed by atoms with Crippen molar-refractivity contribution in [2.24, 2.45) is 5.92 Å². The molecule has 3 nitrogen and oxygen atoms in total. The highest BCUT2D eigenvalue weighted by Gasteiger charge is 2.23. The van der Waals surface area contributed by atoms with Crippen LogP contribution in [0.2, 0.25) is 0 Å². The molecule has 2 aromatic rings. The zero-order valence-electron chi connectivity index (χ0n) is 19.9. The summed E-state index contributed by atoms with van der Waals surface area (Å²) < 4.78 is 0. The van der Waals surface area contributed by atoms with Crippen LogP contribution in [-0.2, 0) is 4.79 Å². The minimum atomic E-state index is 0.237. The first kappa shape index (κ1) is 22.2. The van der Waals surface area contributed by atoms with Gasteiger partial charge in [-0.25, -0.2) is 0 Å². The molecule has 1 amide bonds. The molecule has 0 unspecified atom stereocenters. The molecule has 0 saturated carbocycles. The van der Waals surface area contributed by atoms with Gasteiger partial charge >= 0.3 is 0 Å². The zero-order valence-corrected chi connectivity index (χ0v) is 19.9. The maximum atomic E-state index is 11.5. The second-order valence-corrected chi connectivity index (χ2v) is 9.92. The number of carbonyl (C=O) groups is 1. The highest BCUT2D eigenvalue weighted by molar-refractivity contribution is 5.94. The van der Waals surface area contributed by atoms with E-state index in [4.69, 9.17) is 0 Å². The number of hydrogen-bond acceptors (Lipinski definition) is 2. The number of benzene rings is 2. The quantitative estimate of drug-likeness (QED) is 0.489. The van der Waals surface area contributed by atoms with Crippen molar-refractivity contribution < 1.29 is 4.79 Å². The number of carbonyl (C=O) groups excluding carboxylic acids is 1. The van der Waals surface area contributed by atoms with Gasteiger partial charge in [0.1, 0.15) is 0 Å². The molecule has 3 heteroatoms. The van der Waals surface area contributed by atoms with E-state index in [2.05, 4.69) is 65.6 Å². The third-order valence-corrected chi connectivity index (χ3v) is 7.86. The first-order valence-corrected chi connectivity index (χ1v) is 12.8. The van der Waals surface area contributed by atoms with E-state index in [9.17, 15) is 4.79 Å². The number of nitrogens with zero attached hydrogens (tertiary/aromatic N) is 2. The largest absolute Gasteiger partial charge is 0.343 e. The number of piperidine rings is 2. The lowest BCUT2D eigenvalue weighted by molar-refractivity contribution is -0.130. The van der Waals surface area contributed by atoms with Gasteiger partial charge in [-0.2, -0.15) is 0 Å². The smallest absolute Gasteiger partial charge is 0.219 e. The van der Waals surface area contributed by atoms with Crippen LogP contribution < -0.4 is 0 Å². The summed E-state index contributed by atoms with van der Waals surface area (Å²) in [7, 11) is 0. The molecule has 2 heterocycles. The van der Waals surface area contributed by atoms with Crippen LogP contribution in [0, 0.1) is 5.92 Å². The Morgan fingerprint density at radius 1 is 0.848 bits per heavy atom. The summed E-state index contributed by atoms with van der Waals surface area (Å²) in [5.74, 6) is 1.04. The van der Waals surface area contributed by atoms with Gasteiger partial charge < -0.3 is 9.80 Å². The summed E-state index contributed by atoms with van der Waals surface area (Å²) in [4.78, 5) is 16.2. The molecule has 33 heavy (non-hydrogen) atoms. The van der Waals surface area contributed by atoms with E-state index in [0.29, 0.717) is 0 Å². The monoisotopic (exact) mass is 440 g/mol. The van der Waals surface area contributed by atoms with Gasteiger partial charge in [-0.15, -0.1) is 0 Å². The SMILES string of the molecule is CC(=O)N1CCC(CCCN2CCC(=C3c4ccccc4C=Cc4ccccc43)CC2)CC1. The number of hydrogen-bond donors (Lipinski definition) is 0. The third-order valence-electron chi connectivity index (χ3n) is 7.86. The number of amides is 1. The Morgan fingerprint density at radius 3 is 2.00 bits per heavy atom. The first-order valence-electron chi connectivity index (χ1n) is 12.8. The molecule has 172 valence electrons. The van der Waals surface area contributed by atoms with Crippen molar-refractivity contribution in [3.63, 3.8) is 0 Å². The first-order chi connectivity index (χ1) is 16.2. The zero-order chi connectivity index (χ0) is 22.6. The van der Waals surface area contributed by atoms with Gasteiger partial charge in [0.25, 0.3) is 0 Å². The second kappa shape index (κ2) is 10.1. The Morgan fingerprint density at radius 2 is 1.42 bits per heavy atom. The Labute approximate surface area is 198 Å².